The zero-order chi connectivity index (χ0) is 27.5. The van der Waals surface area contributed by atoms with Crippen molar-refractivity contribution >= 4 is 35.2 Å². The number of halogens is 2. The topological polar surface area (TPSA) is 124 Å². The lowest BCUT2D eigenvalue weighted by Crippen LogP contribution is -2.52. The summed E-state index contributed by atoms with van der Waals surface area (Å²) in [6.45, 7) is 0.447. The zero-order valence-corrected chi connectivity index (χ0v) is 22.8. The molecule has 4 aromatic rings. The van der Waals surface area contributed by atoms with Crippen molar-refractivity contribution in [3.63, 3.8) is 0 Å². The average molecular weight is 579 g/mol. The third-order valence-corrected chi connectivity index (χ3v) is 8.86. The fourth-order valence-electron chi connectivity index (χ4n) is 5.72. The molecule has 4 fully saturated rings. The lowest BCUT2D eigenvalue weighted by Gasteiger charge is -2.50. The summed E-state index contributed by atoms with van der Waals surface area (Å²) in [5, 5.41) is 18.7. The molecule has 0 atom stereocenters. The van der Waals surface area contributed by atoms with Crippen LogP contribution in [0.4, 0.5) is 0 Å². The second-order valence-electron chi connectivity index (χ2n) is 10.8. The molecule has 0 radical (unpaired) electrons. The molecule has 2 saturated heterocycles. The maximum atomic E-state index is 11.4. The Hall–Kier alpha value is -3.53. The molecular weight excluding hydrogens is 555 g/mol. The molecule has 8 rings (SSSR count). The maximum absolute atomic E-state index is 11.4. The van der Waals surface area contributed by atoms with Gasteiger partial charge in [-0.25, -0.2) is 4.79 Å². The molecule has 11 heteroatoms. The van der Waals surface area contributed by atoms with Crippen LogP contribution in [0.15, 0.2) is 51.8 Å². The summed E-state index contributed by atoms with van der Waals surface area (Å²) in [6, 6.07) is 6.52. The van der Waals surface area contributed by atoms with Gasteiger partial charge in [0.25, 0.3) is 0 Å². The SMILES string of the molecule is O=C(O)c1cccc(-c2noc(C34CCC(C=Cc5c(-c6c(Cl)cncc6Cl)noc5C5CC5)(CC3)OC4)n2)c1. The van der Waals surface area contributed by atoms with Crippen molar-refractivity contribution in [3.05, 3.63) is 75.6 Å². The van der Waals surface area contributed by atoms with Crippen LogP contribution >= 0.6 is 23.2 Å². The van der Waals surface area contributed by atoms with Gasteiger partial charge in [-0.1, -0.05) is 57.8 Å². The number of ether oxygens (including phenoxy) is 1. The van der Waals surface area contributed by atoms with Crippen LogP contribution < -0.4 is 0 Å². The number of nitrogens with zero attached hydrogens (tertiary/aromatic N) is 4. The predicted molar refractivity (Wildman–Crippen MR) is 146 cm³/mol. The Balaban J connectivity index is 1.13. The largest absolute Gasteiger partial charge is 0.478 e. The van der Waals surface area contributed by atoms with Gasteiger partial charge in [0.1, 0.15) is 11.5 Å². The second-order valence-corrected chi connectivity index (χ2v) is 11.7. The van der Waals surface area contributed by atoms with Gasteiger partial charge in [0.15, 0.2) is 0 Å². The second kappa shape index (κ2) is 9.54. The molecule has 204 valence electrons. The molecule has 1 N–H and O–H groups in total. The first-order chi connectivity index (χ1) is 19.4. The molecule has 4 aliphatic rings. The zero-order valence-electron chi connectivity index (χ0n) is 21.3. The van der Waals surface area contributed by atoms with E-state index < -0.39 is 11.6 Å². The van der Waals surface area contributed by atoms with E-state index in [1.54, 1.807) is 30.6 Å². The summed E-state index contributed by atoms with van der Waals surface area (Å²) in [4.78, 5) is 20.1. The highest BCUT2D eigenvalue weighted by Gasteiger charge is 2.52. The van der Waals surface area contributed by atoms with Crippen LogP contribution in [-0.2, 0) is 10.2 Å². The van der Waals surface area contributed by atoms with Gasteiger partial charge < -0.3 is 18.9 Å². The molecule has 9 nitrogen and oxygen atoms in total. The predicted octanol–water partition coefficient (Wildman–Crippen LogP) is 6.96. The van der Waals surface area contributed by atoms with Crippen LogP contribution in [0, 0.1) is 0 Å². The molecule has 2 aliphatic heterocycles. The maximum Gasteiger partial charge on any atom is 0.335 e. The van der Waals surface area contributed by atoms with Crippen LogP contribution in [0.1, 0.15) is 72.0 Å². The van der Waals surface area contributed by atoms with Crippen molar-refractivity contribution in [2.45, 2.75) is 55.5 Å². The summed E-state index contributed by atoms with van der Waals surface area (Å²) in [5.41, 5.74) is 2.07. The molecule has 2 saturated carbocycles. The van der Waals surface area contributed by atoms with Gasteiger partial charge in [0, 0.05) is 35.0 Å². The summed E-state index contributed by atoms with van der Waals surface area (Å²) in [7, 11) is 0. The van der Waals surface area contributed by atoms with E-state index >= 15 is 0 Å². The molecule has 2 bridgehead atoms. The molecule has 40 heavy (non-hydrogen) atoms. The number of aromatic carboxylic acids is 1. The number of aromatic nitrogens is 4. The van der Waals surface area contributed by atoms with E-state index in [0.717, 1.165) is 49.8 Å². The van der Waals surface area contributed by atoms with Crippen molar-refractivity contribution in [1.82, 2.24) is 20.3 Å². The highest BCUT2D eigenvalue weighted by molar-refractivity contribution is 6.39. The summed E-state index contributed by atoms with van der Waals surface area (Å²) in [6.07, 6.45) is 12.6. The van der Waals surface area contributed by atoms with E-state index in [1.807, 2.05) is 6.08 Å². The Labute approximate surface area is 239 Å². The molecule has 0 amide bonds. The number of fused-ring (bicyclic) bond motifs is 3. The quantitative estimate of drug-likeness (QED) is 0.247. The van der Waals surface area contributed by atoms with Gasteiger partial charge in [0.05, 0.1) is 33.2 Å². The van der Waals surface area contributed by atoms with Gasteiger partial charge in [-0.3, -0.25) is 4.98 Å². The van der Waals surface area contributed by atoms with E-state index in [1.165, 1.54) is 6.07 Å². The number of carboxylic acid groups (broad SMARTS) is 1. The first-order valence-corrected chi connectivity index (χ1v) is 13.9. The fourth-order valence-corrected chi connectivity index (χ4v) is 6.27. The van der Waals surface area contributed by atoms with Crippen molar-refractivity contribution < 1.29 is 23.7 Å². The number of carbonyl (C=O) groups is 1. The molecule has 2 aliphatic carbocycles. The van der Waals surface area contributed by atoms with Gasteiger partial charge in [-0.05, 0) is 50.7 Å². The third kappa shape index (κ3) is 4.33. The third-order valence-electron chi connectivity index (χ3n) is 8.28. The van der Waals surface area contributed by atoms with Gasteiger partial charge in [-0.2, -0.15) is 4.98 Å². The molecule has 1 aromatic carbocycles. The van der Waals surface area contributed by atoms with Crippen LogP contribution in [-0.4, -0.2) is 43.6 Å². The van der Waals surface area contributed by atoms with Crippen molar-refractivity contribution in [3.8, 4) is 22.6 Å². The highest BCUT2D eigenvalue weighted by atomic mass is 35.5. The number of rotatable bonds is 7. The van der Waals surface area contributed by atoms with Crippen molar-refractivity contribution in [2.24, 2.45) is 0 Å². The minimum atomic E-state index is -1.00. The lowest BCUT2D eigenvalue weighted by atomic mass is 9.65. The van der Waals surface area contributed by atoms with Crippen LogP contribution in [0.25, 0.3) is 28.7 Å². The fraction of sp³-hybridized carbons (Fsp3) is 0.345. The van der Waals surface area contributed by atoms with Crippen molar-refractivity contribution in [1.29, 1.82) is 0 Å². The number of hydrogen-bond acceptors (Lipinski definition) is 8. The smallest absolute Gasteiger partial charge is 0.335 e. The Kier molecular flexibility index (Phi) is 6.07. The normalized spacial score (nSPS) is 24.1. The molecule has 0 unspecified atom stereocenters. The molecular formula is C29H24Cl2N4O5. The van der Waals surface area contributed by atoms with E-state index in [0.29, 0.717) is 51.1 Å². The Morgan fingerprint density at radius 1 is 1.05 bits per heavy atom. The first kappa shape index (κ1) is 25.4. The Morgan fingerprint density at radius 2 is 1.82 bits per heavy atom. The van der Waals surface area contributed by atoms with Gasteiger partial charge in [-0.15, -0.1) is 0 Å². The summed E-state index contributed by atoms with van der Waals surface area (Å²) < 4.78 is 18.0. The molecule has 5 heterocycles. The monoisotopic (exact) mass is 578 g/mol. The van der Waals surface area contributed by atoms with E-state index in [2.05, 4.69) is 26.4 Å². The Bertz CT molecular complexity index is 1610. The average Bonchev–Trinajstić information content (AvgIpc) is 3.53. The standard InChI is InChI=1S/C29H24Cl2N4O5/c30-20-13-32-14-21(31)22(20)23-19(24(39-34-23)16-4-5-16)6-7-29-10-8-28(9-11-29,15-38-29)27-33-25(35-40-27)17-2-1-3-18(12-17)26(36)37/h1-3,6-7,12-14,16H,4-5,8-11,15H2,(H,36,37). The summed E-state index contributed by atoms with van der Waals surface area (Å²) >= 11 is 12.9. The minimum Gasteiger partial charge on any atom is -0.478 e. The van der Waals surface area contributed by atoms with E-state index in [9.17, 15) is 9.90 Å². The van der Waals surface area contributed by atoms with Gasteiger partial charge in [0.2, 0.25) is 11.7 Å². The van der Waals surface area contributed by atoms with E-state index in [4.69, 9.17) is 37.0 Å². The number of benzene rings is 1. The number of pyridine rings is 1. The van der Waals surface area contributed by atoms with Crippen LogP contribution in [0.5, 0.6) is 0 Å². The molecule has 0 spiro atoms. The van der Waals surface area contributed by atoms with Crippen LogP contribution in [0.2, 0.25) is 10.0 Å². The van der Waals surface area contributed by atoms with Gasteiger partial charge >= 0.3 is 5.97 Å². The van der Waals surface area contributed by atoms with Crippen LogP contribution in [0.3, 0.4) is 0 Å². The number of hydrogen-bond donors (Lipinski definition) is 1. The summed E-state index contributed by atoms with van der Waals surface area (Å²) in [5.74, 6) is 1.08. The molecule has 3 aromatic heterocycles. The number of carboxylic acids is 1. The lowest BCUT2D eigenvalue weighted by molar-refractivity contribution is -0.134. The van der Waals surface area contributed by atoms with Crippen molar-refractivity contribution in [2.75, 3.05) is 6.61 Å². The highest BCUT2D eigenvalue weighted by Crippen LogP contribution is 2.52. The minimum absolute atomic E-state index is 0.173. The first-order valence-electron chi connectivity index (χ1n) is 13.2. The Morgan fingerprint density at radius 3 is 2.50 bits per heavy atom. The van der Waals surface area contributed by atoms with E-state index in [-0.39, 0.29) is 11.0 Å².